The van der Waals surface area contributed by atoms with Gasteiger partial charge in [-0.25, -0.2) is 4.98 Å². The second-order valence-electron chi connectivity index (χ2n) is 6.18. The van der Waals surface area contributed by atoms with E-state index in [0.717, 1.165) is 30.8 Å². The normalized spacial score (nSPS) is 14.7. The number of nitrogens with one attached hydrogen (secondary N) is 1. The van der Waals surface area contributed by atoms with E-state index in [1.165, 1.54) is 11.1 Å². The Morgan fingerprint density at radius 2 is 1.90 bits per heavy atom. The van der Waals surface area contributed by atoms with E-state index >= 15 is 0 Å². The third-order valence-corrected chi connectivity index (χ3v) is 4.81. The van der Waals surface area contributed by atoms with Gasteiger partial charge in [0.15, 0.2) is 0 Å². The number of aromatic nitrogens is 2. The number of H-pyrrole nitrogens is 1. The van der Waals surface area contributed by atoms with Gasteiger partial charge in [0, 0.05) is 5.92 Å². The summed E-state index contributed by atoms with van der Waals surface area (Å²) in [6.07, 6.45) is 2.74. The molecule has 3 nitrogen and oxygen atoms in total. The molecule has 0 aliphatic heterocycles. The zero-order chi connectivity index (χ0) is 15.0. The number of benzene rings is 1. The molecule has 4 heteroatoms. The molecular formula is C17H19BrN2O. The summed E-state index contributed by atoms with van der Waals surface area (Å²) in [6, 6.07) is 8.48. The Balaban J connectivity index is 1.94. The maximum absolute atomic E-state index is 12.1. The fourth-order valence-corrected chi connectivity index (χ4v) is 3.34. The van der Waals surface area contributed by atoms with Crippen LogP contribution in [0.2, 0.25) is 0 Å². The summed E-state index contributed by atoms with van der Waals surface area (Å²) in [6.45, 7) is 4.28. The minimum atomic E-state index is -0.0633. The van der Waals surface area contributed by atoms with Gasteiger partial charge < -0.3 is 4.98 Å². The molecule has 0 atom stereocenters. The molecule has 0 fully saturated rings. The minimum Gasteiger partial charge on any atom is -0.309 e. The fourth-order valence-electron chi connectivity index (χ4n) is 2.99. The van der Waals surface area contributed by atoms with Gasteiger partial charge >= 0.3 is 0 Å². The first kappa shape index (κ1) is 14.5. The van der Waals surface area contributed by atoms with Crippen LogP contribution in [0.15, 0.2) is 33.5 Å². The van der Waals surface area contributed by atoms with Gasteiger partial charge in [-0.1, -0.05) is 38.1 Å². The number of hydrogen-bond donors (Lipinski definition) is 1. The van der Waals surface area contributed by atoms with Crippen molar-refractivity contribution in [2.75, 3.05) is 0 Å². The van der Waals surface area contributed by atoms with E-state index in [4.69, 9.17) is 4.98 Å². The lowest BCUT2D eigenvalue weighted by Crippen LogP contribution is -2.19. The monoisotopic (exact) mass is 346 g/mol. The van der Waals surface area contributed by atoms with Gasteiger partial charge in [0.25, 0.3) is 5.56 Å². The molecule has 1 aromatic carbocycles. The lowest BCUT2D eigenvalue weighted by atomic mass is 10.0. The van der Waals surface area contributed by atoms with Crippen LogP contribution in [-0.2, 0) is 19.3 Å². The highest BCUT2D eigenvalue weighted by molar-refractivity contribution is 9.10. The molecule has 0 saturated heterocycles. The number of hydrogen-bond acceptors (Lipinski definition) is 2. The highest BCUT2D eigenvalue weighted by Gasteiger charge is 2.25. The Bertz CT molecular complexity index is 696. The lowest BCUT2D eigenvalue weighted by molar-refractivity contribution is 0.610. The number of nitrogens with zero attached hydrogens (tertiary/aromatic N) is 1. The van der Waals surface area contributed by atoms with E-state index in [-0.39, 0.29) is 11.5 Å². The summed E-state index contributed by atoms with van der Waals surface area (Å²) in [5.74, 6) is 1.59. The Kier molecular flexibility index (Phi) is 3.98. The van der Waals surface area contributed by atoms with Crippen molar-refractivity contribution in [3.63, 3.8) is 0 Å². The molecule has 21 heavy (non-hydrogen) atoms. The highest BCUT2D eigenvalue weighted by atomic mass is 79.9. The molecule has 0 saturated carbocycles. The number of halogens is 1. The molecule has 1 heterocycles. The Morgan fingerprint density at radius 1 is 1.29 bits per heavy atom. The second-order valence-corrected chi connectivity index (χ2v) is 6.98. The molecule has 0 spiro atoms. The predicted molar refractivity (Wildman–Crippen MR) is 87.7 cm³/mol. The second kappa shape index (κ2) is 5.76. The average molecular weight is 347 g/mol. The van der Waals surface area contributed by atoms with Crippen LogP contribution < -0.4 is 5.56 Å². The predicted octanol–water partition coefficient (Wildman–Crippen LogP) is 3.61. The first-order valence-electron chi connectivity index (χ1n) is 7.40. The topological polar surface area (TPSA) is 45.8 Å². The summed E-state index contributed by atoms with van der Waals surface area (Å²) < 4.78 is 0.579. The molecule has 2 aromatic rings. The first-order chi connectivity index (χ1) is 10.0. The van der Waals surface area contributed by atoms with E-state index in [9.17, 15) is 4.79 Å². The molecule has 0 unspecified atom stereocenters. The Hall–Kier alpha value is -1.42. The maximum atomic E-state index is 12.1. The van der Waals surface area contributed by atoms with Gasteiger partial charge in [0.2, 0.25) is 0 Å². The van der Waals surface area contributed by atoms with Crippen molar-refractivity contribution in [2.45, 2.75) is 39.0 Å². The van der Waals surface area contributed by atoms with Crippen LogP contribution in [0.1, 0.15) is 42.4 Å². The number of aromatic amines is 1. The average Bonchev–Trinajstić information content (AvgIpc) is 2.87. The Morgan fingerprint density at radius 3 is 2.48 bits per heavy atom. The third kappa shape index (κ3) is 2.95. The van der Waals surface area contributed by atoms with Crippen molar-refractivity contribution in [1.82, 2.24) is 9.97 Å². The van der Waals surface area contributed by atoms with Crippen molar-refractivity contribution in [3.8, 4) is 0 Å². The van der Waals surface area contributed by atoms with Crippen LogP contribution in [0.4, 0.5) is 0 Å². The molecule has 0 amide bonds. The molecule has 0 radical (unpaired) electrons. The van der Waals surface area contributed by atoms with Gasteiger partial charge in [-0.3, -0.25) is 4.79 Å². The van der Waals surface area contributed by atoms with Crippen LogP contribution in [0.5, 0.6) is 0 Å². The van der Waals surface area contributed by atoms with Crippen molar-refractivity contribution >= 4 is 15.9 Å². The zero-order valence-electron chi connectivity index (χ0n) is 12.3. The van der Waals surface area contributed by atoms with Gasteiger partial charge in [0.1, 0.15) is 10.3 Å². The van der Waals surface area contributed by atoms with E-state index in [1.807, 2.05) is 0 Å². The van der Waals surface area contributed by atoms with Crippen LogP contribution >= 0.6 is 15.9 Å². The fraction of sp³-hybridized carbons (Fsp3) is 0.412. The summed E-state index contributed by atoms with van der Waals surface area (Å²) in [7, 11) is 0. The smallest absolute Gasteiger partial charge is 0.265 e. The quantitative estimate of drug-likeness (QED) is 0.922. The Labute approximate surface area is 133 Å². The van der Waals surface area contributed by atoms with Crippen molar-refractivity contribution in [1.29, 1.82) is 0 Å². The molecule has 1 N–H and O–H groups in total. The summed E-state index contributed by atoms with van der Waals surface area (Å²) >= 11 is 3.37. The molecular weight excluding hydrogens is 328 g/mol. The van der Waals surface area contributed by atoms with E-state index in [1.54, 1.807) is 0 Å². The third-order valence-electron chi connectivity index (χ3n) is 3.99. The van der Waals surface area contributed by atoms with Crippen molar-refractivity contribution in [3.05, 3.63) is 61.7 Å². The number of fused-ring (bicyclic) bond motifs is 1. The molecule has 3 rings (SSSR count). The van der Waals surface area contributed by atoms with Crippen LogP contribution in [0.3, 0.4) is 0 Å². The van der Waals surface area contributed by atoms with Gasteiger partial charge in [-0.15, -0.1) is 0 Å². The molecule has 0 bridgehead atoms. The van der Waals surface area contributed by atoms with Crippen LogP contribution in [0.25, 0.3) is 0 Å². The molecule has 1 aromatic heterocycles. The first-order valence-corrected chi connectivity index (χ1v) is 8.19. The molecule has 110 valence electrons. The lowest BCUT2D eigenvalue weighted by Gasteiger charge is -2.12. The van der Waals surface area contributed by atoms with Gasteiger partial charge in [0.05, 0.1) is 5.69 Å². The minimum absolute atomic E-state index is 0.0633. The zero-order valence-corrected chi connectivity index (χ0v) is 13.9. The molecule has 1 aliphatic rings. The number of rotatable bonds is 3. The summed E-state index contributed by atoms with van der Waals surface area (Å²) in [4.78, 5) is 19.8. The standard InChI is InChI=1S/C17H19BrN2O/c1-10(2)7-14-15(18)17(21)20-16(19-14)13-8-11-5-3-4-6-12(11)9-13/h3-6,10,13H,7-9H2,1-2H3,(H,19,20,21). The van der Waals surface area contributed by atoms with Gasteiger partial charge in [-0.05, 0) is 52.2 Å². The van der Waals surface area contributed by atoms with Crippen molar-refractivity contribution in [2.24, 2.45) is 5.92 Å². The highest BCUT2D eigenvalue weighted by Crippen LogP contribution is 2.32. The van der Waals surface area contributed by atoms with Crippen molar-refractivity contribution < 1.29 is 0 Å². The van der Waals surface area contributed by atoms with Crippen LogP contribution in [0, 0.1) is 5.92 Å². The van der Waals surface area contributed by atoms with E-state index in [2.05, 4.69) is 59.0 Å². The maximum Gasteiger partial charge on any atom is 0.265 e. The largest absolute Gasteiger partial charge is 0.309 e. The van der Waals surface area contributed by atoms with Gasteiger partial charge in [-0.2, -0.15) is 0 Å². The van der Waals surface area contributed by atoms with E-state index < -0.39 is 0 Å². The summed E-state index contributed by atoms with van der Waals surface area (Å²) in [5.41, 5.74) is 3.56. The van der Waals surface area contributed by atoms with Crippen LogP contribution in [-0.4, -0.2) is 9.97 Å². The SMILES string of the molecule is CC(C)Cc1nc(C2Cc3ccccc3C2)[nH]c(=O)c1Br. The summed E-state index contributed by atoms with van der Waals surface area (Å²) in [5, 5.41) is 0. The molecule has 1 aliphatic carbocycles. The van der Waals surface area contributed by atoms with E-state index in [0.29, 0.717) is 10.4 Å².